The first-order valence-corrected chi connectivity index (χ1v) is 12.1. The SMILES string of the molecule is CCCN1CCC2(CC1)NC(=O)N(CC1CCN(C(=O)C(C)c3ccccc3)CC1)C2=O. The van der Waals surface area contributed by atoms with Gasteiger partial charge in [-0.05, 0) is 57.1 Å². The molecular weight excluding hydrogens is 404 g/mol. The fourth-order valence-corrected chi connectivity index (χ4v) is 5.41. The molecule has 3 fully saturated rings. The molecule has 4 rings (SSSR count). The maximum atomic E-state index is 13.2. The number of urea groups is 1. The summed E-state index contributed by atoms with van der Waals surface area (Å²) in [5.41, 5.74) is 0.331. The molecule has 3 saturated heterocycles. The lowest BCUT2D eigenvalue weighted by Crippen LogP contribution is -2.55. The quantitative estimate of drug-likeness (QED) is 0.691. The average Bonchev–Trinajstić information content (AvgIpc) is 3.05. The molecule has 32 heavy (non-hydrogen) atoms. The van der Waals surface area contributed by atoms with Gasteiger partial charge in [-0.2, -0.15) is 0 Å². The summed E-state index contributed by atoms with van der Waals surface area (Å²) in [6, 6.07) is 9.63. The van der Waals surface area contributed by atoms with Gasteiger partial charge in [-0.3, -0.25) is 14.5 Å². The van der Waals surface area contributed by atoms with Crippen LogP contribution in [-0.4, -0.2) is 77.4 Å². The van der Waals surface area contributed by atoms with Crippen LogP contribution in [0.2, 0.25) is 0 Å². The van der Waals surface area contributed by atoms with Crippen LogP contribution in [0.4, 0.5) is 4.79 Å². The normalized spacial score (nSPS) is 22.9. The fourth-order valence-electron chi connectivity index (χ4n) is 5.41. The van der Waals surface area contributed by atoms with Crippen molar-refractivity contribution >= 4 is 17.8 Å². The molecule has 3 heterocycles. The number of likely N-dealkylation sites (tertiary alicyclic amines) is 2. The molecule has 1 unspecified atom stereocenters. The fraction of sp³-hybridized carbons (Fsp3) is 0.640. The van der Waals surface area contributed by atoms with E-state index >= 15 is 0 Å². The van der Waals surface area contributed by atoms with Crippen LogP contribution < -0.4 is 5.32 Å². The third-order valence-electron chi connectivity index (χ3n) is 7.53. The zero-order valence-electron chi connectivity index (χ0n) is 19.4. The number of hydrogen-bond donors (Lipinski definition) is 1. The van der Waals surface area contributed by atoms with Crippen molar-refractivity contribution in [1.29, 1.82) is 0 Å². The van der Waals surface area contributed by atoms with Crippen molar-refractivity contribution in [1.82, 2.24) is 20.0 Å². The number of nitrogens with one attached hydrogen (secondary N) is 1. The van der Waals surface area contributed by atoms with Crippen LogP contribution in [0.25, 0.3) is 0 Å². The predicted octanol–water partition coefficient (Wildman–Crippen LogP) is 2.83. The van der Waals surface area contributed by atoms with E-state index in [0.717, 1.165) is 44.5 Å². The van der Waals surface area contributed by atoms with Crippen molar-refractivity contribution in [2.75, 3.05) is 39.3 Å². The lowest BCUT2D eigenvalue weighted by atomic mass is 9.87. The Bertz CT molecular complexity index is 827. The molecule has 3 aliphatic heterocycles. The third-order valence-corrected chi connectivity index (χ3v) is 7.53. The Morgan fingerprint density at radius 1 is 1.09 bits per heavy atom. The Morgan fingerprint density at radius 2 is 1.75 bits per heavy atom. The van der Waals surface area contributed by atoms with E-state index in [-0.39, 0.29) is 29.7 Å². The second kappa shape index (κ2) is 9.61. The van der Waals surface area contributed by atoms with E-state index < -0.39 is 5.54 Å². The van der Waals surface area contributed by atoms with Crippen LogP contribution >= 0.6 is 0 Å². The molecule has 1 atom stereocenters. The minimum atomic E-state index is -0.705. The monoisotopic (exact) mass is 440 g/mol. The lowest BCUT2D eigenvalue weighted by Gasteiger charge is -2.37. The Labute approximate surface area is 191 Å². The molecule has 4 amide bonds. The summed E-state index contributed by atoms with van der Waals surface area (Å²) in [7, 11) is 0. The first-order valence-electron chi connectivity index (χ1n) is 12.1. The second-order valence-electron chi connectivity index (χ2n) is 9.67. The summed E-state index contributed by atoms with van der Waals surface area (Å²) in [6.07, 6.45) is 4.13. The van der Waals surface area contributed by atoms with E-state index in [1.807, 2.05) is 42.2 Å². The lowest BCUT2D eigenvalue weighted by molar-refractivity contribution is -0.136. The van der Waals surface area contributed by atoms with Gasteiger partial charge in [0.1, 0.15) is 5.54 Å². The van der Waals surface area contributed by atoms with E-state index in [4.69, 9.17) is 0 Å². The molecule has 0 aromatic heterocycles. The minimum absolute atomic E-state index is 0.0464. The number of rotatable bonds is 6. The zero-order valence-corrected chi connectivity index (χ0v) is 19.4. The number of hydrogen-bond acceptors (Lipinski definition) is 4. The number of carbonyl (C=O) groups is 3. The first kappa shape index (κ1) is 22.8. The van der Waals surface area contributed by atoms with Gasteiger partial charge in [0.15, 0.2) is 0 Å². The smallest absolute Gasteiger partial charge is 0.325 e. The predicted molar refractivity (Wildman–Crippen MR) is 123 cm³/mol. The number of nitrogens with zero attached hydrogens (tertiary/aromatic N) is 3. The third kappa shape index (κ3) is 4.53. The van der Waals surface area contributed by atoms with Gasteiger partial charge in [-0.15, -0.1) is 0 Å². The molecule has 1 N–H and O–H groups in total. The van der Waals surface area contributed by atoms with Crippen molar-refractivity contribution in [3.63, 3.8) is 0 Å². The second-order valence-corrected chi connectivity index (χ2v) is 9.67. The molecule has 3 aliphatic rings. The highest BCUT2D eigenvalue weighted by Gasteiger charge is 2.52. The van der Waals surface area contributed by atoms with E-state index in [9.17, 15) is 14.4 Å². The first-order chi connectivity index (χ1) is 15.4. The van der Waals surface area contributed by atoms with Gasteiger partial charge in [0.25, 0.3) is 5.91 Å². The molecule has 0 aliphatic carbocycles. The number of amides is 4. The summed E-state index contributed by atoms with van der Waals surface area (Å²) in [5, 5.41) is 3.03. The van der Waals surface area contributed by atoms with Crippen molar-refractivity contribution in [2.24, 2.45) is 5.92 Å². The summed E-state index contributed by atoms with van der Waals surface area (Å²) in [4.78, 5) is 44.6. The Morgan fingerprint density at radius 3 is 2.38 bits per heavy atom. The molecule has 174 valence electrons. The molecule has 7 nitrogen and oxygen atoms in total. The number of carbonyl (C=O) groups excluding carboxylic acids is 3. The van der Waals surface area contributed by atoms with Crippen LogP contribution in [0.1, 0.15) is 57.4 Å². The highest BCUT2D eigenvalue weighted by Crippen LogP contribution is 2.31. The number of benzene rings is 1. The van der Waals surface area contributed by atoms with Crippen LogP contribution in [0.5, 0.6) is 0 Å². The Balaban J connectivity index is 1.29. The molecule has 7 heteroatoms. The summed E-state index contributed by atoms with van der Waals surface area (Å²) in [6.45, 7) is 8.70. The molecule has 1 aromatic rings. The van der Waals surface area contributed by atoms with E-state index in [2.05, 4.69) is 17.1 Å². The van der Waals surface area contributed by atoms with Gasteiger partial charge in [0.2, 0.25) is 5.91 Å². The largest absolute Gasteiger partial charge is 0.342 e. The maximum Gasteiger partial charge on any atom is 0.325 e. The summed E-state index contributed by atoms with van der Waals surface area (Å²) >= 11 is 0. The van der Waals surface area contributed by atoms with Gasteiger partial charge >= 0.3 is 6.03 Å². The maximum absolute atomic E-state index is 13.2. The summed E-state index contributed by atoms with van der Waals surface area (Å²) < 4.78 is 0. The van der Waals surface area contributed by atoms with E-state index in [0.29, 0.717) is 32.5 Å². The van der Waals surface area contributed by atoms with Crippen molar-refractivity contribution in [2.45, 2.75) is 57.4 Å². The van der Waals surface area contributed by atoms with Crippen LogP contribution in [0.15, 0.2) is 30.3 Å². The average molecular weight is 441 g/mol. The van der Waals surface area contributed by atoms with Gasteiger partial charge in [0.05, 0.1) is 5.92 Å². The molecule has 1 spiro atoms. The molecular formula is C25H36N4O3. The Kier molecular flexibility index (Phi) is 6.84. The van der Waals surface area contributed by atoms with Gasteiger partial charge in [0, 0.05) is 32.7 Å². The van der Waals surface area contributed by atoms with E-state index in [1.54, 1.807) is 0 Å². The number of imide groups is 1. The summed E-state index contributed by atoms with van der Waals surface area (Å²) in [5.74, 6) is 0.200. The van der Waals surface area contributed by atoms with Gasteiger partial charge in [-0.25, -0.2) is 4.79 Å². The minimum Gasteiger partial charge on any atom is -0.342 e. The topological polar surface area (TPSA) is 73.0 Å². The molecule has 0 bridgehead atoms. The highest BCUT2D eigenvalue weighted by atomic mass is 16.2. The highest BCUT2D eigenvalue weighted by molar-refractivity contribution is 6.07. The van der Waals surface area contributed by atoms with Gasteiger partial charge < -0.3 is 15.1 Å². The Hall–Kier alpha value is -2.41. The standard InChI is InChI=1S/C25H36N4O3/c1-3-13-27-16-11-25(12-17-27)23(31)29(24(32)26-25)18-20-9-14-28(15-10-20)22(30)19(2)21-7-5-4-6-8-21/h4-8,19-20H,3,9-18H2,1-2H3,(H,26,32). The zero-order chi connectivity index (χ0) is 22.7. The molecule has 1 aromatic carbocycles. The van der Waals surface area contributed by atoms with Crippen LogP contribution in [-0.2, 0) is 9.59 Å². The van der Waals surface area contributed by atoms with Crippen molar-refractivity contribution < 1.29 is 14.4 Å². The van der Waals surface area contributed by atoms with Crippen molar-refractivity contribution in [3.05, 3.63) is 35.9 Å². The van der Waals surface area contributed by atoms with Crippen LogP contribution in [0.3, 0.4) is 0 Å². The molecule has 0 radical (unpaired) electrons. The van der Waals surface area contributed by atoms with Crippen molar-refractivity contribution in [3.8, 4) is 0 Å². The number of piperidine rings is 2. The van der Waals surface area contributed by atoms with Crippen LogP contribution in [0, 0.1) is 5.92 Å². The van der Waals surface area contributed by atoms with Gasteiger partial charge in [-0.1, -0.05) is 37.3 Å². The molecule has 0 saturated carbocycles. The van der Waals surface area contributed by atoms with E-state index in [1.165, 1.54) is 4.90 Å².